The second kappa shape index (κ2) is 8.44. The molecule has 7 heteroatoms. The van der Waals surface area contributed by atoms with E-state index in [0.717, 1.165) is 59.3 Å². The Kier molecular flexibility index (Phi) is 5.52. The zero-order valence-corrected chi connectivity index (χ0v) is 18.4. The van der Waals surface area contributed by atoms with E-state index in [4.69, 9.17) is 28.2 Å². The third kappa shape index (κ3) is 3.98. The monoisotopic (exact) mass is 452 g/mol. The molecular weight excluding hydrogens is 435 g/mol. The first-order valence-electron chi connectivity index (χ1n) is 9.68. The maximum absolute atomic E-state index is 6.32. The van der Waals surface area contributed by atoms with Crippen LogP contribution in [0.1, 0.15) is 16.8 Å². The number of hydrogen-bond acceptors (Lipinski definition) is 5. The van der Waals surface area contributed by atoms with Gasteiger partial charge in [0, 0.05) is 49.6 Å². The van der Waals surface area contributed by atoms with Gasteiger partial charge in [0.15, 0.2) is 5.82 Å². The lowest BCUT2D eigenvalue weighted by molar-refractivity contribution is 0.242. The molecule has 0 bridgehead atoms. The van der Waals surface area contributed by atoms with Gasteiger partial charge in [0.1, 0.15) is 0 Å². The molecule has 0 unspecified atom stereocenters. The normalized spacial score (nSPS) is 13.9. The Labute approximate surface area is 189 Å². The third-order valence-electron chi connectivity index (χ3n) is 5.21. The molecule has 0 radical (unpaired) electrons. The molecule has 0 saturated carbocycles. The molecule has 0 fully saturated rings. The topological polar surface area (TPSA) is 41.9 Å². The molecule has 0 N–H and O–H groups in total. The summed E-state index contributed by atoms with van der Waals surface area (Å²) in [5, 5.41) is 3.13. The van der Waals surface area contributed by atoms with Gasteiger partial charge in [-0.2, -0.15) is 0 Å². The van der Waals surface area contributed by atoms with Gasteiger partial charge in [-0.15, -0.1) is 11.3 Å². The Morgan fingerprint density at radius 2 is 1.93 bits per heavy atom. The summed E-state index contributed by atoms with van der Waals surface area (Å²) < 4.78 is 0. The van der Waals surface area contributed by atoms with E-state index >= 15 is 0 Å². The lowest BCUT2D eigenvalue weighted by atomic mass is 10.1. The minimum Gasteiger partial charge on any atom is -0.294 e. The number of pyridine rings is 1. The Bertz CT molecular complexity index is 1180. The van der Waals surface area contributed by atoms with Crippen molar-refractivity contribution in [2.24, 2.45) is 0 Å². The van der Waals surface area contributed by atoms with Crippen LogP contribution < -0.4 is 0 Å². The van der Waals surface area contributed by atoms with Crippen LogP contribution in [0, 0.1) is 0 Å². The molecule has 0 atom stereocenters. The van der Waals surface area contributed by atoms with Crippen LogP contribution in [0.15, 0.2) is 60.2 Å². The third-order valence-corrected chi connectivity index (χ3v) is 6.90. The Hall–Kier alpha value is -2.31. The van der Waals surface area contributed by atoms with E-state index in [1.165, 1.54) is 5.56 Å². The van der Waals surface area contributed by atoms with Gasteiger partial charge in [0.05, 0.1) is 26.3 Å². The second-order valence-corrected chi connectivity index (χ2v) is 8.99. The van der Waals surface area contributed by atoms with Gasteiger partial charge in [-0.05, 0) is 29.1 Å². The van der Waals surface area contributed by atoms with Crippen LogP contribution in [0.5, 0.6) is 0 Å². The first-order chi connectivity index (χ1) is 14.7. The van der Waals surface area contributed by atoms with Crippen molar-refractivity contribution in [3.8, 4) is 22.0 Å². The van der Waals surface area contributed by atoms with Crippen molar-refractivity contribution in [1.82, 2.24) is 19.9 Å². The molecular formula is C23H18Cl2N4S. The van der Waals surface area contributed by atoms with Crippen LogP contribution in [0.25, 0.3) is 22.0 Å². The highest BCUT2D eigenvalue weighted by molar-refractivity contribution is 7.13. The zero-order valence-electron chi connectivity index (χ0n) is 16.1. The highest BCUT2D eigenvalue weighted by atomic mass is 35.5. The van der Waals surface area contributed by atoms with Crippen LogP contribution in [-0.4, -0.2) is 26.4 Å². The number of aromatic nitrogens is 3. The van der Waals surface area contributed by atoms with Gasteiger partial charge < -0.3 is 0 Å². The molecule has 150 valence electrons. The average molecular weight is 453 g/mol. The highest BCUT2D eigenvalue weighted by Crippen LogP contribution is 2.32. The predicted octanol–water partition coefficient (Wildman–Crippen LogP) is 6.13. The van der Waals surface area contributed by atoms with Crippen LogP contribution in [-0.2, 0) is 19.5 Å². The minimum atomic E-state index is 0.536. The molecule has 5 rings (SSSR count). The van der Waals surface area contributed by atoms with Crippen molar-refractivity contribution >= 4 is 34.5 Å². The van der Waals surface area contributed by atoms with E-state index in [1.54, 1.807) is 17.4 Å². The van der Waals surface area contributed by atoms with E-state index in [2.05, 4.69) is 32.4 Å². The van der Waals surface area contributed by atoms with Gasteiger partial charge in [-0.1, -0.05) is 47.5 Å². The average Bonchev–Trinajstić information content (AvgIpc) is 3.31. The molecule has 0 aliphatic carbocycles. The summed E-state index contributed by atoms with van der Waals surface area (Å²) in [6.45, 7) is 2.65. The van der Waals surface area contributed by atoms with E-state index in [9.17, 15) is 0 Å². The molecule has 30 heavy (non-hydrogen) atoms. The molecule has 0 amide bonds. The fourth-order valence-corrected chi connectivity index (χ4v) is 4.73. The van der Waals surface area contributed by atoms with Gasteiger partial charge in [0.2, 0.25) is 0 Å². The Morgan fingerprint density at radius 3 is 2.73 bits per heavy atom. The number of thiophene rings is 1. The molecule has 1 aromatic carbocycles. The summed E-state index contributed by atoms with van der Waals surface area (Å²) in [5.41, 5.74) is 5.20. The standard InChI is InChI=1S/C23H18Cl2N4S/c24-18-4-1-3-17(22(18)25)20-7-6-15(11-26-20)13-29-9-8-19-16(14-29)12-27-23(28-19)21-5-2-10-30-21/h1-7,10-12H,8-9,13-14H2. The van der Waals surface area contributed by atoms with Crippen molar-refractivity contribution in [3.05, 3.63) is 87.1 Å². The van der Waals surface area contributed by atoms with Crippen LogP contribution >= 0.6 is 34.5 Å². The van der Waals surface area contributed by atoms with E-state index < -0.39 is 0 Å². The number of fused-ring (bicyclic) bond motifs is 1. The highest BCUT2D eigenvalue weighted by Gasteiger charge is 2.19. The van der Waals surface area contributed by atoms with Gasteiger partial charge in [-0.25, -0.2) is 9.97 Å². The number of hydrogen-bond donors (Lipinski definition) is 0. The van der Waals surface area contributed by atoms with Gasteiger partial charge in [-0.3, -0.25) is 9.88 Å². The minimum absolute atomic E-state index is 0.536. The van der Waals surface area contributed by atoms with Gasteiger partial charge in [0.25, 0.3) is 0 Å². The summed E-state index contributed by atoms with van der Waals surface area (Å²) in [7, 11) is 0. The fraction of sp³-hybridized carbons (Fsp3) is 0.174. The summed E-state index contributed by atoms with van der Waals surface area (Å²) >= 11 is 14.1. The SMILES string of the molecule is Clc1cccc(-c2ccc(CN3CCc4nc(-c5cccs5)ncc4C3)cn2)c1Cl. The Balaban J connectivity index is 1.29. The second-order valence-electron chi connectivity index (χ2n) is 7.26. The lowest BCUT2D eigenvalue weighted by Gasteiger charge is -2.28. The van der Waals surface area contributed by atoms with Crippen molar-refractivity contribution in [2.45, 2.75) is 19.5 Å². The van der Waals surface area contributed by atoms with Gasteiger partial charge >= 0.3 is 0 Å². The molecule has 4 nitrogen and oxygen atoms in total. The molecule has 4 heterocycles. The largest absolute Gasteiger partial charge is 0.294 e. The summed E-state index contributed by atoms with van der Waals surface area (Å²) in [4.78, 5) is 17.5. The van der Waals surface area contributed by atoms with E-state index in [0.29, 0.717) is 10.0 Å². The van der Waals surface area contributed by atoms with Crippen LogP contribution in [0.3, 0.4) is 0 Å². The summed E-state index contributed by atoms with van der Waals surface area (Å²) in [5.74, 6) is 0.830. The summed E-state index contributed by atoms with van der Waals surface area (Å²) in [6.07, 6.45) is 4.82. The number of halogens is 2. The molecule has 1 aliphatic heterocycles. The molecule has 0 spiro atoms. The lowest BCUT2D eigenvalue weighted by Crippen LogP contribution is -2.31. The van der Waals surface area contributed by atoms with Crippen LogP contribution in [0.4, 0.5) is 0 Å². The van der Waals surface area contributed by atoms with Crippen molar-refractivity contribution in [3.63, 3.8) is 0 Å². The maximum atomic E-state index is 6.32. The zero-order chi connectivity index (χ0) is 20.5. The van der Waals surface area contributed by atoms with Crippen molar-refractivity contribution < 1.29 is 0 Å². The quantitative estimate of drug-likeness (QED) is 0.373. The Morgan fingerprint density at radius 1 is 1.00 bits per heavy atom. The van der Waals surface area contributed by atoms with E-state index in [-0.39, 0.29) is 0 Å². The van der Waals surface area contributed by atoms with Crippen molar-refractivity contribution in [2.75, 3.05) is 6.54 Å². The number of benzene rings is 1. The predicted molar refractivity (Wildman–Crippen MR) is 123 cm³/mol. The smallest absolute Gasteiger partial charge is 0.169 e. The van der Waals surface area contributed by atoms with E-state index in [1.807, 2.05) is 36.7 Å². The van der Waals surface area contributed by atoms with Crippen LogP contribution in [0.2, 0.25) is 10.0 Å². The number of nitrogens with zero attached hydrogens (tertiary/aromatic N) is 4. The molecule has 3 aromatic heterocycles. The van der Waals surface area contributed by atoms with Crippen molar-refractivity contribution in [1.29, 1.82) is 0 Å². The first-order valence-corrected chi connectivity index (χ1v) is 11.3. The molecule has 4 aromatic rings. The molecule has 0 saturated heterocycles. The fourth-order valence-electron chi connectivity index (χ4n) is 3.67. The maximum Gasteiger partial charge on any atom is 0.169 e. The first kappa shape index (κ1) is 19.6. The number of rotatable bonds is 4. The molecule has 1 aliphatic rings. The summed E-state index contributed by atoms with van der Waals surface area (Å²) in [6, 6.07) is 13.8.